The van der Waals surface area contributed by atoms with E-state index in [0.717, 1.165) is 0 Å². The van der Waals surface area contributed by atoms with Gasteiger partial charge in [-0.25, -0.2) is 0 Å². The van der Waals surface area contributed by atoms with Crippen LogP contribution in [0.2, 0.25) is 13.1 Å². The minimum Gasteiger partial charge on any atom is -0.396 e. The molecule has 0 bridgehead atoms. The van der Waals surface area contributed by atoms with Crippen LogP contribution in [0.5, 0.6) is 0 Å². The molecule has 90 valence electrons. The summed E-state index contributed by atoms with van der Waals surface area (Å²) in [6.45, 7) is 7.54. The van der Waals surface area contributed by atoms with Gasteiger partial charge in [0.15, 0.2) is 0 Å². The molecule has 0 radical (unpaired) electrons. The Labute approximate surface area is 99.9 Å². The number of aliphatic hydroxyl groups is 1. The Morgan fingerprint density at radius 2 is 1.88 bits per heavy atom. The van der Waals surface area contributed by atoms with Crippen LogP contribution in [0.25, 0.3) is 0 Å². The lowest BCUT2D eigenvalue weighted by molar-refractivity contribution is 0.0553. The van der Waals surface area contributed by atoms with Crippen LogP contribution in [0, 0.1) is 0 Å². The topological polar surface area (TPSA) is 29.5 Å². The minimum absolute atomic E-state index is 0.120. The van der Waals surface area contributed by atoms with Crippen molar-refractivity contribution in [1.82, 2.24) is 0 Å². The summed E-state index contributed by atoms with van der Waals surface area (Å²) in [5.74, 6) is 0. The van der Waals surface area contributed by atoms with E-state index in [9.17, 15) is 0 Å². The Bertz CT molecular complexity index is 295. The highest BCUT2D eigenvalue weighted by Gasteiger charge is 2.06. The zero-order chi connectivity index (χ0) is 12.0. The van der Waals surface area contributed by atoms with Gasteiger partial charge in [0.25, 0.3) is 0 Å². The van der Waals surface area contributed by atoms with Gasteiger partial charge in [-0.05, 0) is 18.9 Å². The minimum atomic E-state index is -0.682. The predicted molar refractivity (Wildman–Crippen MR) is 71.0 cm³/mol. The fraction of sp³-hybridized carbons (Fsp3) is 0.538. The largest absolute Gasteiger partial charge is 0.396 e. The van der Waals surface area contributed by atoms with Crippen LogP contribution in [0.4, 0.5) is 0 Å². The van der Waals surface area contributed by atoms with Crippen molar-refractivity contribution in [2.24, 2.45) is 0 Å². The van der Waals surface area contributed by atoms with Crippen LogP contribution in [0.1, 0.15) is 25.0 Å². The van der Waals surface area contributed by atoms with Crippen LogP contribution in [0.15, 0.2) is 24.3 Å². The Hall–Kier alpha value is -0.643. The molecule has 3 heteroatoms. The maximum atomic E-state index is 8.67. The van der Waals surface area contributed by atoms with Gasteiger partial charge in [-0.2, -0.15) is 0 Å². The third-order valence-electron chi connectivity index (χ3n) is 2.74. The van der Waals surface area contributed by atoms with Crippen molar-refractivity contribution < 1.29 is 9.84 Å². The monoisotopic (exact) mass is 238 g/mol. The standard InChI is InChI=1S/C13H22O2Si/c1-11(15-10-4-9-14)12-5-7-13(8-6-12)16(2)3/h5-8,11,14,16H,4,9-10H2,1-3H3. The molecule has 0 aromatic heterocycles. The number of hydrogen-bond donors (Lipinski definition) is 1. The van der Waals surface area contributed by atoms with Crippen molar-refractivity contribution in [2.45, 2.75) is 32.5 Å². The van der Waals surface area contributed by atoms with E-state index in [0.29, 0.717) is 13.0 Å². The van der Waals surface area contributed by atoms with Gasteiger partial charge in [0.2, 0.25) is 0 Å². The summed E-state index contributed by atoms with van der Waals surface area (Å²) in [6.07, 6.45) is 0.829. The van der Waals surface area contributed by atoms with Gasteiger partial charge >= 0.3 is 0 Å². The lowest BCUT2D eigenvalue weighted by Gasteiger charge is -2.14. The fourth-order valence-electron chi connectivity index (χ4n) is 1.57. The third-order valence-corrected chi connectivity index (χ3v) is 4.46. The van der Waals surface area contributed by atoms with Gasteiger partial charge in [-0.3, -0.25) is 0 Å². The Balaban J connectivity index is 2.52. The number of aliphatic hydroxyl groups excluding tert-OH is 1. The van der Waals surface area contributed by atoms with Gasteiger partial charge in [0, 0.05) is 13.2 Å². The molecular formula is C13H22O2Si. The molecule has 16 heavy (non-hydrogen) atoms. The van der Waals surface area contributed by atoms with E-state index < -0.39 is 8.80 Å². The van der Waals surface area contributed by atoms with Gasteiger partial charge in [0.1, 0.15) is 0 Å². The number of benzene rings is 1. The number of hydrogen-bond acceptors (Lipinski definition) is 2. The zero-order valence-corrected chi connectivity index (χ0v) is 11.6. The average Bonchev–Trinajstić information content (AvgIpc) is 2.29. The first kappa shape index (κ1) is 13.4. The smallest absolute Gasteiger partial charge is 0.0796 e. The molecule has 2 nitrogen and oxygen atoms in total. The molecule has 1 aromatic carbocycles. The maximum absolute atomic E-state index is 8.67. The molecule has 0 heterocycles. The summed E-state index contributed by atoms with van der Waals surface area (Å²) in [6, 6.07) is 8.76. The second-order valence-electron chi connectivity index (χ2n) is 4.41. The first-order chi connectivity index (χ1) is 7.65. The van der Waals surface area contributed by atoms with E-state index in [2.05, 4.69) is 44.3 Å². The molecule has 0 fully saturated rings. The summed E-state index contributed by atoms with van der Waals surface area (Å²) in [4.78, 5) is 0. The third kappa shape index (κ3) is 4.08. The van der Waals surface area contributed by atoms with Crippen molar-refractivity contribution in [3.05, 3.63) is 29.8 Å². The molecule has 0 aliphatic carbocycles. The van der Waals surface area contributed by atoms with Crippen molar-refractivity contribution in [1.29, 1.82) is 0 Å². The van der Waals surface area contributed by atoms with Gasteiger partial charge in [0.05, 0.1) is 14.9 Å². The second-order valence-corrected chi connectivity index (χ2v) is 7.39. The molecule has 1 aromatic rings. The Kier molecular flexibility index (Phi) is 5.73. The van der Waals surface area contributed by atoms with E-state index in [-0.39, 0.29) is 12.7 Å². The first-order valence-electron chi connectivity index (χ1n) is 5.97. The highest BCUT2D eigenvalue weighted by Crippen LogP contribution is 2.15. The molecule has 0 saturated heterocycles. The van der Waals surface area contributed by atoms with Crippen LogP contribution in [0.3, 0.4) is 0 Å². The molecule has 0 spiro atoms. The van der Waals surface area contributed by atoms with Crippen LogP contribution in [-0.4, -0.2) is 27.1 Å². The summed E-state index contributed by atoms with van der Waals surface area (Å²) in [5.41, 5.74) is 1.22. The SMILES string of the molecule is CC(OCCCO)c1ccc([SiH](C)C)cc1. The summed E-state index contributed by atoms with van der Waals surface area (Å²) in [7, 11) is -0.682. The predicted octanol–water partition coefficient (Wildman–Crippen LogP) is 1.84. The van der Waals surface area contributed by atoms with E-state index in [1.807, 2.05) is 0 Å². The first-order valence-corrected chi connectivity index (χ1v) is 8.86. The maximum Gasteiger partial charge on any atom is 0.0796 e. The van der Waals surface area contributed by atoms with Crippen LogP contribution >= 0.6 is 0 Å². The molecule has 0 amide bonds. The highest BCUT2D eigenvalue weighted by atomic mass is 28.3. The molecule has 0 aliphatic heterocycles. The molecule has 1 atom stereocenters. The summed E-state index contributed by atoms with van der Waals surface area (Å²) in [5, 5.41) is 10.2. The van der Waals surface area contributed by atoms with Crippen LogP contribution in [-0.2, 0) is 4.74 Å². The van der Waals surface area contributed by atoms with Crippen LogP contribution < -0.4 is 5.19 Å². The lowest BCUT2D eigenvalue weighted by atomic mass is 10.1. The number of rotatable bonds is 6. The average molecular weight is 238 g/mol. The molecule has 1 unspecified atom stereocenters. The van der Waals surface area contributed by atoms with Crippen molar-refractivity contribution in [3.63, 3.8) is 0 Å². The zero-order valence-electron chi connectivity index (χ0n) is 10.4. The number of ether oxygens (including phenoxy) is 1. The second kappa shape index (κ2) is 6.84. The summed E-state index contributed by atoms with van der Waals surface area (Å²) >= 11 is 0. The Morgan fingerprint density at radius 1 is 1.25 bits per heavy atom. The van der Waals surface area contributed by atoms with Crippen molar-refractivity contribution in [2.75, 3.05) is 13.2 Å². The normalized spacial score (nSPS) is 13.1. The van der Waals surface area contributed by atoms with E-state index in [1.54, 1.807) is 0 Å². The van der Waals surface area contributed by atoms with Gasteiger partial charge < -0.3 is 9.84 Å². The Morgan fingerprint density at radius 3 is 2.38 bits per heavy atom. The van der Waals surface area contributed by atoms with Gasteiger partial charge in [-0.1, -0.05) is 42.5 Å². The van der Waals surface area contributed by atoms with E-state index >= 15 is 0 Å². The highest BCUT2D eigenvalue weighted by molar-refractivity contribution is 6.70. The van der Waals surface area contributed by atoms with Crippen molar-refractivity contribution in [3.8, 4) is 0 Å². The lowest BCUT2D eigenvalue weighted by Crippen LogP contribution is -2.22. The molecular weight excluding hydrogens is 216 g/mol. The quantitative estimate of drug-likeness (QED) is 0.605. The van der Waals surface area contributed by atoms with Crippen molar-refractivity contribution >= 4 is 14.0 Å². The summed E-state index contributed by atoms with van der Waals surface area (Å²) < 4.78 is 5.62. The van der Waals surface area contributed by atoms with E-state index in [4.69, 9.17) is 9.84 Å². The fourth-order valence-corrected chi connectivity index (χ4v) is 2.54. The molecule has 0 saturated carbocycles. The molecule has 1 N–H and O–H groups in total. The molecule has 1 rings (SSSR count). The molecule has 0 aliphatic rings. The van der Waals surface area contributed by atoms with E-state index in [1.165, 1.54) is 10.8 Å². The van der Waals surface area contributed by atoms with Gasteiger partial charge in [-0.15, -0.1) is 0 Å².